The Hall–Kier alpha value is -0.340. The summed E-state index contributed by atoms with van der Waals surface area (Å²) in [4.78, 5) is 0. The topological polar surface area (TPSA) is 43.5 Å². The molecular formula is C5H13NO. The summed E-state index contributed by atoms with van der Waals surface area (Å²) < 4.78 is 0. The molecule has 0 saturated heterocycles. The van der Waals surface area contributed by atoms with E-state index in [9.17, 15) is 0 Å². The number of likely N-dealkylation sites (N-methyl/N-ethyl adjacent to an activating group) is 1. The molecule has 0 unspecified atom stereocenters. The number of hydrogen-bond donors (Lipinski definition) is 1. The van der Waals surface area contributed by atoms with E-state index in [1.807, 2.05) is 6.08 Å². The van der Waals surface area contributed by atoms with Crippen LogP contribution in [-0.4, -0.2) is 18.6 Å². The normalized spacial score (nSPS) is 7.00. The first-order valence-electron chi connectivity index (χ1n) is 2.23. The maximum Gasteiger partial charge on any atom is 0.0132 e. The highest BCUT2D eigenvalue weighted by atomic mass is 16.0. The first-order chi connectivity index (χ1) is 2.91. The second kappa shape index (κ2) is 9.18. The van der Waals surface area contributed by atoms with Crippen LogP contribution in [0.15, 0.2) is 12.7 Å². The molecular weight excluding hydrogens is 90.1 g/mol. The van der Waals surface area contributed by atoms with Crippen molar-refractivity contribution in [1.29, 1.82) is 0 Å². The largest absolute Gasteiger partial charge is 0.412 e. The van der Waals surface area contributed by atoms with Gasteiger partial charge in [-0.15, -0.1) is 6.58 Å². The summed E-state index contributed by atoms with van der Waals surface area (Å²) in [6, 6.07) is 0. The Balaban J connectivity index is 0. The van der Waals surface area contributed by atoms with Gasteiger partial charge in [-0.2, -0.15) is 0 Å². The zero-order valence-electron chi connectivity index (χ0n) is 4.70. The maximum absolute atomic E-state index is 3.54. The van der Waals surface area contributed by atoms with E-state index in [1.54, 1.807) is 0 Å². The van der Waals surface area contributed by atoms with Crippen molar-refractivity contribution < 1.29 is 5.48 Å². The van der Waals surface area contributed by atoms with Gasteiger partial charge in [0.2, 0.25) is 0 Å². The second-order valence-electron chi connectivity index (χ2n) is 1.10. The van der Waals surface area contributed by atoms with E-state index < -0.39 is 0 Å². The summed E-state index contributed by atoms with van der Waals surface area (Å²) in [6.07, 6.45) is 1.85. The lowest BCUT2D eigenvalue weighted by Crippen LogP contribution is -2.10. The Labute approximate surface area is 44.5 Å². The highest BCUT2D eigenvalue weighted by Crippen LogP contribution is 1.55. The van der Waals surface area contributed by atoms with E-state index in [-0.39, 0.29) is 5.48 Å². The fourth-order valence-corrected chi connectivity index (χ4v) is 0.246. The van der Waals surface area contributed by atoms with Gasteiger partial charge in [0.1, 0.15) is 0 Å². The molecule has 0 aromatic carbocycles. The minimum Gasteiger partial charge on any atom is -0.412 e. The first-order valence-corrected chi connectivity index (χ1v) is 2.23. The summed E-state index contributed by atoms with van der Waals surface area (Å²) >= 11 is 0. The van der Waals surface area contributed by atoms with Gasteiger partial charge in [-0.1, -0.05) is 13.0 Å². The van der Waals surface area contributed by atoms with Crippen molar-refractivity contribution in [1.82, 2.24) is 5.32 Å². The molecule has 0 saturated carbocycles. The second-order valence-corrected chi connectivity index (χ2v) is 1.10. The van der Waals surface area contributed by atoms with Crippen LogP contribution < -0.4 is 5.32 Å². The van der Waals surface area contributed by atoms with Crippen molar-refractivity contribution in [2.75, 3.05) is 13.1 Å². The van der Waals surface area contributed by atoms with Gasteiger partial charge in [-0.05, 0) is 6.54 Å². The fourth-order valence-electron chi connectivity index (χ4n) is 0.246. The zero-order chi connectivity index (χ0) is 4.83. The number of rotatable bonds is 3. The summed E-state index contributed by atoms with van der Waals surface area (Å²) in [7, 11) is 0. The van der Waals surface area contributed by atoms with Gasteiger partial charge in [-0.25, -0.2) is 0 Å². The summed E-state index contributed by atoms with van der Waals surface area (Å²) in [5, 5.41) is 3.08. The lowest BCUT2D eigenvalue weighted by Gasteiger charge is -1.88. The fraction of sp³-hybridized carbons (Fsp3) is 0.600. The van der Waals surface area contributed by atoms with Crippen molar-refractivity contribution in [3.05, 3.63) is 12.7 Å². The third kappa shape index (κ3) is 10.7. The Morgan fingerprint density at radius 3 is 2.43 bits per heavy atom. The Bertz CT molecular complexity index is 37.1. The summed E-state index contributed by atoms with van der Waals surface area (Å²) in [5.41, 5.74) is 0. The van der Waals surface area contributed by atoms with Crippen molar-refractivity contribution in [3.8, 4) is 0 Å². The molecule has 0 bridgehead atoms. The molecule has 0 heterocycles. The molecule has 0 spiro atoms. The third-order valence-corrected chi connectivity index (χ3v) is 0.539. The standard InChI is InChI=1S/C5H11N.H2O/c1-3-5-6-4-2;/h3,6H,1,4-5H2,2H3;1H2. The van der Waals surface area contributed by atoms with Crippen LogP contribution >= 0.6 is 0 Å². The molecule has 7 heavy (non-hydrogen) atoms. The van der Waals surface area contributed by atoms with E-state index in [1.165, 1.54) is 0 Å². The minimum atomic E-state index is 0. The Morgan fingerprint density at radius 1 is 1.71 bits per heavy atom. The minimum absolute atomic E-state index is 0. The monoisotopic (exact) mass is 103 g/mol. The van der Waals surface area contributed by atoms with E-state index in [0.717, 1.165) is 13.1 Å². The molecule has 0 radical (unpaired) electrons. The van der Waals surface area contributed by atoms with E-state index in [2.05, 4.69) is 18.8 Å². The first kappa shape index (κ1) is 9.83. The van der Waals surface area contributed by atoms with Gasteiger partial charge in [0, 0.05) is 6.54 Å². The van der Waals surface area contributed by atoms with Crippen LogP contribution in [0, 0.1) is 0 Å². The van der Waals surface area contributed by atoms with Gasteiger partial charge in [-0.3, -0.25) is 0 Å². The lowest BCUT2D eigenvalue weighted by atomic mass is 10.6. The van der Waals surface area contributed by atoms with Crippen molar-refractivity contribution in [2.45, 2.75) is 6.92 Å². The maximum atomic E-state index is 3.54. The zero-order valence-corrected chi connectivity index (χ0v) is 4.70. The van der Waals surface area contributed by atoms with Crippen LogP contribution in [0.25, 0.3) is 0 Å². The molecule has 2 nitrogen and oxygen atoms in total. The molecule has 0 atom stereocenters. The SMILES string of the molecule is C=CCNCC.O. The Kier molecular flexibility index (Phi) is 12.9. The number of nitrogens with one attached hydrogen (secondary N) is 1. The van der Waals surface area contributed by atoms with Crippen LogP contribution in [-0.2, 0) is 0 Å². The van der Waals surface area contributed by atoms with E-state index >= 15 is 0 Å². The molecule has 0 aliphatic heterocycles. The third-order valence-electron chi connectivity index (χ3n) is 0.539. The average Bonchev–Trinajstić information content (AvgIpc) is 1.61. The molecule has 44 valence electrons. The molecule has 0 aromatic rings. The molecule has 0 rings (SSSR count). The molecule has 0 aliphatic rings. The Morgan fingerprint density at radius 2 is 2.29 bits per heavy atom. The van der Waals surface area contributed by atoms with Crippen LogP contribution in [0.4, 0.5) is 0 Å². The highest BCUT2D eigenvalue weighted by molar-refractivity contribution is 4.68. The summed E-state index contributed by atoms with van der Waals surface area (Å²) in [5.74, 6) is 0. The van der Waals surface area contributed by atoms with Crippen LogP contribution in [0.2, 0.25) is 0 Å². The van der Waals surface area contributed by atoms with Gasteiger partial charge >= 0.3 is 0 Å². The van der Waals surface area contributed by atoms with E-state index in [0.29, 0.717) is 0 Å². The molecule has 0 aromatic heterocycles. The molecule has 2 heteroatoms. The lowest BCUT2D eigenvalue weighted by molar-refractivity contribution is 0.800. The molecule has 0 fully saturated rings. The van der Waals surface area contributed by atoms with Crippen molar-refractivity contribution in [2.24, 2.45) is 0 Å². The number of hydrogen-bond acceptors (Lipinski definition) is 1. The summed E-state index contributed by atoms with van der Waals surface area (Å²) in [6.45, 7) is 7.57. The van der Waals surface area contributed by atoms with Crippen LogP contribution in [0.1, 0.15) is 6.92 Å². The predicted octanol–water partition coefficient (Wildman–Crippen LogP) is -0.0428. The van der Waals surface area contributed by atoms with Gasteiger partial charge in [0.25, 0.3) is 0 Å². The highest BCUT2D eigenvalue weighted by Gasteiger charge is 1.66. The quantitative estimate of drug-likeness (QED) is 0.395. The smallest absolute Gasteiger partial charge is 0.0132 e. The van der Waals surface area contributed by atoms with Crippen molar-refractivity contribution in [3.63, 3.8) is 0 Å². The van der Waals surface area contributed by atoms with Gasteiger partial charge < -0.3 is 10.8 Å². The van der Waals surface area contributed by atoms with Crippen LogP contribution in [0.5, 0.6) is 0 Å². The van der Waals surface area contributed by atoms with Crippen molar-refractivity contribution >= 4 is 0 Å². The average molecular weight is 103 g/mol. The predicted molar refractivity (Wildman–Crippen MR) is 32.4 cm³/mol. The van der Waals surface area contributed by atoms with Gasteiger partial charge in [0.15, 0.2) is 0 Å². The molecule has 3 N–H and O–H groups in total. The van der Waals surface area contributed by atoms with Crippen LogP contribution in [0.3, 0.4) is 0 Å². The van der Waals surface area contributed by atoms with E-state index in [4.69, 9.17) is 0 Å². The molecule has 0 aliphatic carbocycles. The van der Waals surface area contributed by atoms with Gasteiger partial charge in [0.05, 0.1) is 0 Å². The molecule has 0 amide bonds.